The number of amides is 1. The highest BCUT2D eigenvalue weighted by Gasteiger charge is 2.49. The smallest absolute Gasteiger partial charge is 0.245 e. The minimum absolute atomic E-state index is 0.00883. The van der Waals surface area contributed by atoms with E-state index < -0.39 is 0 Å². The SMILES string of the molecule is C=CC(=O)N1CC2(CCN(c3nc4c(c(-c5ccc(F)c6sc(N)nc56)c3C)CCC(C)(C)C4)C2)C1. The summed E-state index contributed by atoms with van der Waals surface area (Å²) in [5.74, 6) is 0.733. The van der Waals surface area contributed by atoms with Crippen molar-refractivity contribution in [2.24, 2.45) is 10.8 Å². The Balaban J connectivity index is 1.46. The molecule has 2 saturated heterocycles. The van der Waals surface area contributed by atoms with Gasteiger partial charge in [0.05, 0.1) is 10.2 Å². The first kappa shape index (κ1) is 23.4. The summed E-state index contributed by atoms with van der Waals surface area (Å²) in [5.41, 5.74) is 12.6. The van der Waals surface area contributed by atoms with Gasteiger partial charge in [0.2, 0.25) is 5.91 Å². The van der Waals surface area contributed by atoms with Gasteiger partial charge in [-0.25, -0.2) is 14.4 Å². The fraction of sp³-hybridized carbons (Fsp3) is 0.464. The van der Waals surface area contributed by atoms with Crippen molar-refractivity contribution in [3.8, 4) is 11.1 Å². The van der Waals surface area contributed by atoms with Gasteiger partial charge in [-0.05, 0) is 72.9 Å². The van der Waals surface area contributed by atoms with Gasteiger partial charge in [-0.15, -0.1) is 0 Å². The van der Waals surface area contributed by atoms with Gasteiger partial charge in [0.1, 0.15) is 11.6 Å². The molecule has 6 nitrogen and oxygen atoms in total. The monoisotopic (exact) mass is 505 g/mol. The number of carbonyl (C=O) groups excluding carboxylic acids is 1. The molecule has 1 spiro atoms. The number of halogens is 1. The largest absolute Gasteiger partial charge is 0.375 e. The number of hydrogen-bond acceptors (Lipinski definition) is 6. The summed E-state index contributed by atoms with van der Waals surface area (Å²) in [4.78, 5) is 26.1. The highest BCUT2D eigenvalue weighted by molar-refractivity contribution is 7.22. The molecule has 2 aromatic heterocycles. The molecule has 1 aromatic carbocycles. The normalized spacial score (nSPS) is 20.0. The molecule has 2 fully saturated rings. The van der Waals surface area contributed by atoms with E-state index in [2.05, 4.69) is 37.2 Å². The summed E-state index contributed by atoms with van der Waals surface area (Å²) in [5, 5.41) is 0.378. The lowest BCUT2D eigenvalue weighted by Crippen LogP contribution is -2.59. The summed E-state index contributed by atoms with van der Waals surface area (Å²) < 4.78 is 15.2. The van der Waals surface area contributed by atoms with Crippen molar-refractivity contribution in [3.05, 3.63) is 47.4 Å². The Morgan fingerprint density at radius 3 is 2.75 bits per heavy atom. The highest BCUT2D eigenvalue weighted by atomic mass is 32.1. The highest BCUT2D eigenvalue weighted by Crippen LogP contribution is 2.47. The summed E-state index contributed by atoms with van der Waals surface area (Å²) >= 11 is 1.20. The van der Waals surface area contributed by atoms with Gasteiger partial charge in [-0.2, -0.15) is 0 Å². The van der Waals surface area contributed by atoms with Crippen LogP contribution in [0.5, 0.6) is 0 Å². The number of pyridine rings is 1. The lowest BCUT2D eigenvalue weighted by Gasteiger charge is -2.47. The lowest BCUT2D eigenvalue weighted by molar-refractivity contribution is -0.136. The maximum atomic E-state index is 14.7. The number of rotatable bonds is 3. The topological polar surface area (TPSA) is 75.4 Å². The lowest BCUT2D eigenvalue weighted by atomic mass is 9.74. The molecule has 0 saturated carbocycles. The van der Waals surface area contributed by atoms with E-state index in [-0.39, 0.29) is 22.6 Å². The second kappa shape index (κ2) is 8.00. The molecule has 0 unspecified atom stereocenters. The average Bonchev–Trinajstić information content (AvgIpc) is 3.42. The van der Waals surface area contributed by atoms with Crippen molar-refractivity contribution in [1.82, 2.24) is 14.9 Å². The molecule has 0 radical (unpaired) electrons. The second-order valence-electron chi connectivity index (χ2n) is 11.6. The summed E-state index contributed by atoms with van der Waals surface area (Å²) in [7, 11) is 0. The van der Waals surface area contributed by atoms with Crippen LogP contribution in [0, 0.1) is 23.6 Å². The van der Waals surface area contributed by atoms with Gasteiger partial charge < -0.3 is 15.5 Å². The zero-order valence-corrected chi connectivity index (χ0v) is 22.0. The van der Waals surface area contributed by atoms with Crippen LogP contribution in [-0.4, -0.2) is 47.0 Å². The van der Waals surface area contributed by atoms with Gasteiger partial charge in [-0.1, -0.05) is 31.8 Å². The third-order valence-corrected chi connectivity index (χ3v) is 9.25. The molecule has 2 aliphatic heterocycles. The van der Waals surface area contributed by atoms with Gasteiger partial charge >= 0.3 is 0 Å². The predicted molar refractivity (Wildman–Crippen MR) is 144 cm³/mol. The molecular weight excluding hydrogens is 473 g/mol. The quantitative estimate of drug-likeness (QED) is 0.500. The third kappa shape index (κ3) is 3.60. The summed E-state index contributed by atoms with van der Waals surface area (Å²) in [6.45, 7) is 13.7. The molecule has 6 rings (SSSR count). The molecule has 188 valence electrons. The molecule has 3 aromatic rings. The Morgan fingerprint density at radius 2 is 2.00 bits per heavy atom. The first-order valence-electron chi connectivity index (χ1n) is 12.6. The van der Waals surface area contributed by atoms with E-state index in [1.54, 1.807) is 6.07 Å². The number of fused-ring (bicyclic) bond motifs is 2. The number of aromatic nitrogens is 2. The zero-order valence-electron chi connectivity index (χ0n) is 21.2. The van der Waals surface area contributed by atoms with Crippen LogP contribution in [0.1, 0.15) is 43.5 Å². The number of anilines is 2. The number of nitrogens with two attached hydrogens (primary N) is 1. The predicted octanol–water partition coefficient (Wildman–Crippen LogP) is 5.13. The van der Waals surface area contributed by atoms with Crippen LogP contribution in [0.4, 0.5) is 15.3 Å². The van der Waals surface area contributed by atoms with E-state index >= 15 is 0 Å². The van der Waals surface area contributed by atoms with Gasteiger partial charge in [0.25, 0.3) is 0 Å². The number of benzene rings is 1. The van der Waals surface area contributed by atoms with Crippen LogP contribution < -0.4 is 10.6 Å². The first-order valence-corrected chi connectivity index (χ1v) is 13.4. The minimum atomic E-state index is -0.282. The van der Waals surface area contributed by atoms with Crippen LogP contribution in [0.15, 0.2) is 24.8 Å². The van der Waals surface area contributed by atoms with E-state index in [1.165, 1.54) is 23.0 Å². The molecule has 1 amide bonds. The summed E-state index contributed by atoms with van der Waals surface area (Å²) in [6, 6.07) is 3.40. The van der Waals surface area contributed by atoms with Gasteiger partial charge in [-0.3, -0.25) is 4.79 Å². The summed E-state index contributed by atoms with van der Waals surface area (Å²) in [6.07, 6.45) is 5.37. The van der Waals surface area contributed by atoms with Crippen LogP contribution in [0.25, 0.3) is 21.3 Å². The number of likely N-dealkylation sites (tertiary alicyclic amines) is 1. The molecule has 8 heteroatoms. The molecule has 1 aliphatic carbocycles. The number of carbonyl (C=O) groups is 1. The molecule has 4 heterocycles. The Kier molecular flexibility index (Phi) is 5.20. The minimum Gasteiger partial charge on any atom is -0.375 e. The van der Waals surface area contributed by atoms with Crippen molar-refractivity contribution in [2.45, 2.75) is 46.5 Å². The van der Waals surface area contributed by atoms with E-state index in [0.29, 0.717) is 15.3 Å². The van der Waals surface area contributed by atoms with Gasteiger partial charge in [0, 0.05) is 42.9 Å². The van der Waals surface area contributed by atoms with Crippen molar-refractivity contribution in [2.75, 3.05) is 36.8 Å². The van der Waals surface area contributed by atoms with Crippen LogP contribution in [0.3, 0.4) is 0 Å². The van der Waals surface area contributed by atoms with Crippen molar-refractivity contribution in [1.29, 1.82) is 0 Å². The fourth-order valence-electron chi connectivity index (χ4n) is 6.47. The molecule has 0 atom stereocenters. The standard InChI is InChI=1S/C28H32FN5OS/c1-5-21(35)34-14-28(15-34)10-11-33(13-28)25-16(2)22(17-8-9-27(3,4)12-20(17)31-25)18-6-7-19(29)24-23(18)32-26(30)36-24/h5-7H,1,8-15H2,2-4H3,(H2,30,32). The van der Waals surface area contributed by atoms with E-state index in [1.807, 2.05) is 11.0 Å². The van der Waals surface area contributed by atoms with Crippen LogP contribution >= 0.6 is 11.3 Å². The van der Waals surface area contributed by atoms with Crippen LogP contribution in [0.2, 0.25) is 0 Å². The van der Waals surface area contributed by atoms with Crippen molar-refractivity contribution in [3.63, 3.8) is 0 Å². The van der Waals surface area contributed by atoms with Crippen molar-refractivity contribution < 1.29 is 9.18 Å². The second-order valence-corrected chi connectivity index (χ2v) is 12.6. The maximum absolute atomic E-state index is 14.7. The molecule has 2 N–H and O–H groups in total. The molecule has 3 aliphatic rings. The maximum Gasteiger partial charge on any atom is 0.245 e. The number of thiazole rings is 1. The average molecular weight is 506 g/mol. The van der Waals surface area contributed by atoms with Gasteiger partial charge in [0.15, 0.2) is 5.13 Å². The Hall–Kier alpha value is -3.00. The third-order valence-electron chi connectivity index (χ3n) is 8.36. The number of nitrogen functional groups attached to an aromatic ring is 1. The van der Waals surface area contributed by atoms with Crippen LogP contribution in [-0.2, 0) is 17.6 Å². The van der Waals surface area contributed by atoms with E-state index in [9.17, 15) is 9.18 Å². The van der Waals surface area contributed by atoms with Crippen molar-refractivity contribution >= 4 is 38.4 Å². The molecular formula is C28H32FN5OS. The number of nitrogens with zero attached hydrogens (tertiary/aromatic N) is 4. The number of hydrogen-bond donors (Lipinski definition) is 1. The fourth-order valence-corrected chi connectivity index (χ4v) is 7.23. The molecule has 36 heavy (non-hydrogen) atoms. The van der Waals surface area contributed by atoms with E-state index in [0.717, 1.165) is 80.1 Å². The Bertz CT molecular complexity index is 1420. The van der Waals surface area contributed by atoms with E-state index in [4.69, 9.17) is 10.7 Å². The Morgan fingerprint density at radius 1 is 1.22 bits per heavy atom. The first-order chi connectivity index (χ1) is 17.1. The Labute approximate surface area is 215 Å². The molecule has 0 bridgehead atoms. The zero-order chi connectivity index (χ0) is 25.4.